The van der Waals surface area contributed by atoms with Crippen LogP contribution in [0.4, 0.5) is 22.0 Å². The summed E-state index contributed by atoms with van der Waals surface area (Å²) in [6.07, 6.45) is -6.83. The van der Waals surface area contributed by atoms with Gasteiger partial charge >= 0.3 is 6.18 Å². The van der Waals surface area contributed by atoms with Crippen molar-refractivity contribution in [3.63, 3.8) is 0 Å². The summed E-state index contributed by atoms with van der Waals surface area (Å²) in [5.74, 6) is -0.420. The molecule has 1 amide bonds. The van der Waals surface area contributed by atoms with Crippen molar-refractivity contribution in [1.82, 2.24) is 10.6 Å². The van der Waals surface area contributed by atoms with E-state index in [-0.39, 0.29) is 38.5 Å². The van der Waals surface area contributed by atoms with Gasteiger partial charge in [-0.2, -0.15) is 13.2 Å². The van der Waals surface area contributed by atoms with Crippen LogP contribution < -0.4 is 10.6 Å². The molecule has 1 rings (SSSR count). The fraction of sp³-hybridized carbons (Fsp3) is 0.909. The van der Waals surface area contributed by atoms with Gasteiger partial charge in [-0.1, -0.05) is 0 Å². The van der Waals surface area contributed by atoms with Gasteiger partial charge in [0.05, 0.1) is 6.61 Å². The molecular weight excluding hydrogens is 287 g/mol. The van der Waals surface area contributed by atoms with Crippen LogP contribution in [0.25, 0.3) is 0 Å². The number of piperidine rings is 1. The number of carbonyl (C=O) groups is 1. The lowest BCUT2D eigenvalue weighted by Gasteiger charge is -2.31. The third kappa shape index (κ3) is 6.47. The molecule has 2 unspecified atom stereocenters. The maximum atomic E-state index is 12.4. The van der Waals surface area contributed by atoms with Crippen molar-refractivity contribution in [2.24, 2.45) is 0 Å². The van der Waals surface area contributed by atoms with E-state index < -0.39 is 31.2 Å². The van der Waals surface area contributed by atoms with Gasteiger partial charge in [0.25, 0.3) is 6.43 Å². The molecule has 20 heavy (non-hydrogen) atoms. The number of halogens is 5. The highest BCUT2D eigenvalue weighted by Crippen LogP contribution is 2.26. The van der Waals surface area contributed by atoms with E-state index >= 15 is 0 Å². The molecule has 0 radical (unpaired) electrons. The van der Waals surface area contributed by atoms with Crippen molar-refractivity contribution in [2.45, 2.75) is 43.9 Å². The highest BCUT2D eigenvalue weighted by molar-refractivity contribution is 5.76. The van der Waals surface area contributed by atoms with E-state index in [1.165, 1.54) is 0 Å². The normalized spacial score (nSPS) is 23.9. The second-order valence-electron chi connectivity index (χ2n) is 4.56. The Morgan fingerprint density at radius 2 is 2.05 bits per heavy atom. The molecular formula is C11H17F5N2O2. The summed E-state index contributed by atoms with van der Waals surface area (Å²) < 4.78 is 65.1. The lowest BCUT2D eigenvalue weighted by molar-refractivity contribution is -0.161. The minimum absolute atomic E-state index is 0.0355. The second kappa shape index (κ2) is 7.72. The Labute approximate surface area is 113 Å². The molecule has 1 aliphatic rings. The molecule has 1 heterocycles. The van der Waals surface area contributed by atoms with Crippen LogP contribution in [0.5, 0.6) is 0 Å². The first-order chi connectivity index (χ1) is 9.29. The number of alkyl halides is 5. The Morgan fingerprint density at radius 3 is 2.55 bits per heavy atom. The number of hydrogen-bond acceptors (Lipinski definition) is 3. The summed E-state index contributed by atoms with van der Waals surface area (Å²) in [5.41, 5.74) is 0. The van der Waals surface area contributed by atoms with Crippen molar-refractivity contribution < 1.29 is 31.5 Å². The Morgan fingerprint density at radius 1 is 1.35 bits per heavy atom. The number of hydrogen-bond donors (Lipinski definition) is 2. The standard InChI is InChI=1S/C11H17F5N2O2/c12-9(13)6-20-4-3-10(19)18-7-1-2-8(17-5-7)11(14,15)16/h7-9,17H,1-6H2,(H,18,19). The minimum atomic E-state index is -4.28. The number of ether oxygens (including phenoxy) is 1. The maximum Gasteiger partial charge on any atom is 0.403 e. The summed E-state index contributed by atoms with van der Waals surface area (Å²) in [6, 6.07) is -1.92. The summed E-state index contributed by atoms with van der Waals surface area (Å²) in [5, 5.41) is 4.87. The molecule has 0 saturated carbocycles. The SMILES string of the molecule is O=C(CCOCC(F)F)NC1CCC(C(F)(F)F)NC1. The Kier molecular flexibility index (Phi) is 6.60. The van der Waals surface area contributed by atoms with Crippen LogP contribution in [0.15, 0.2) is 0 Å². The topological polar surface area (TPSA) is 50.4 Å². The molecule has 1 fully saturated rings. The van der Waals surface area contributed by atoms with E-state index in [9.17, 15) is 26.7 Å². The zero-order chi connectivity index (χ0) is 15.2. The Bertz CT molecular complexity index is 304. The average Bonchev–Trinajstić information content (AvgIpc) is 2.34. The summed E-state index contributed by atoms with van der Waals surface area (Å²) in [4.78, 5) is 11.4. The van der Waals surface area contributed by atoms with Gasteiger partial charge in [-0.15, -0.1) is 0 Å². The van der Waals surface area contributed by atoms with Crippen molar-refractivity contribution in [2.75, 3.05) is 19.8 Å². The molecule has 1 saturated heterocycles. The summed E-state index contributed by atoms with van der Waals surface area (Å²) >= 11 is 0. The van der Waals surface area contributed by atoms with Gasteiger partial charge in [0.15, 0.2) is 0 Å². The largest absolute Gasteiger partial charge is 0.403 e. The van der Waals surface area contributed by atoms with Gasteiger partial charge in [-0.3, -0.25) is 4.79 Å². The summed E-state index contributed by atoms with van der Waals surface area (Å²) in [6.45, 7) is -0.833. The monoisotopic (exact) mass is 304 g/mol. The minimum Gasteiger partial charge on any atom is -0.375 e. The van der Waals surface area contributed by atoms with Crippen LogP contribution in [0, 0.1) is 0 Å². The number of rotatable bonds is 6. The third-order valence-electron chi connectivity index (χ3n) is 2.89. The predicted molar refractivity (Wildman–Crippen MR) is 60.5 cm³/mol. The number of nitrogens with one attached hydrogen (secondary N) is 2. The van der Waals surface area contributed by atoms with Crippen LogP contribution >= 0.6 is 0 Å². The molecule has 0 aromatic rings. The van der Waals surface area contributed by atoms with Gasteiger partial charge < -0.3 is 15.4 Å². The van der Waals surface area contributed by atoms with E-state index in [0.717, 1.165) is 0 Å². The lowest BCUT2D eigenvalue weighted by Crippen LogP contribution is -2.54. The first-order valence-corrected chi connectivity index (χ1v) is 6.24. The van der Waals surface area contributed by atoms with Gasteiger partial charge in [0.1, 0.15) is 12.6 Å². The predicted octanol–water partition coefficient (Wildman–Crippen LogP) is 1.46. The zero-order valence-electron chi connectivity index (χ0n) is 10.7. The van der Waals surface area contributed by atoms with E-state index in [2.05, 4.69) is 15.4 Å². The maximum absolute atomic E-state index is 12.4. The quantitative estimate of drug-likeness (QED) is 0.577. The molecule has 4 nitrogen and oxygen atoms in total. The molecule has 1 aliphatic heterocycles. The van der Waals surface area contributed by atoms with Gasteiger partial charge in [0, 0.05) is 19.0 Å². The fourth-order valence-corrected chi connectivity index (χ4v) is 1.90. The fourth-order valence-electron chi connectivity index (χ4n) is 1.90. The highest BCUT2D eigenvalue weighted by Gasteiger charge is 2.41. The molecule has 0 aliphatic carbocycles. The molecule has 2 N–H and O–H groups in total. The van der Waals surface area contributed by atoms with E-state index in [1.807, 2.05) is 0 Å². The van der Waals surface area contributed by atoms with E-state index in [1.54, 1.807) is 0 Å². The summed E-state index contributed by atoms with van der Waals surface area (Å²) in [7, 11) is 0. The number of carbonyl (C=O) groups excluding carboxylic acids is 1. The molecule has 0 bridgehead atoms. The molecule has 0 aromatic carbocycles. The average molecular weight is 304 g/mol. The zero-order valence-corrected chi connectivity index (χ0v) is 10.7. The van der Waals surface area contributed by atoms with Crippen molar-refractivity contribution in [1.29, 1.82) is 0 Å². The molecule has 2 atom stereocenters. The molecule has 0 spiro atoms. The highest BCUT2D eigenvalue weighted by atomic mass is 19.4. The van der Waals surface area contributed by atoms with Crippen LogP contribution in [-0.4, -0.2) is 50.4 Å². The van der Waals surface area contributed by atoms with Gasteiger partial charge in [0.2, 0.25) is 5.91 Å². The molecule has 0 aromatic heterocycles. The second-order valence-corrected chi connectivity index (χ2v) is 4.56. The van der Waals surface area contributed by atoms with Crippen LogP contribution in [-0.2, 0) is 9.53 Å². The Balaban J connectivity index is 2.15. The first kappa shape index (κ1) is 17.1. The van der Waals surface area contributed by atoms with E-state index in [0.29, 0.717) is 0 Å². The van der Waals surface area contributed by atoms with Gasteiger partial charge in [-0.05, 0) is 12.8 Å². The smallest absolute Gasteiger partial charge is 0.375 e. The van der Waals surface area contributed by atoms with Crippen LogP contribution in [0.3, 0.4) is 0 Å². The first-order valence-electron chi connectivity index (χ1n) is 6.24. The lowest BCUT2D eigenvalue weighted by atomic mass is 10.0. The van der Waals surface area contributed by atoms with Crippen molar-refractivity contribution >= 4 is 5.91 Å². The Hall–Kier alpha value is -0.960. The number of amides is 1. The molecule has 118 valence electrons. The molecule has 9 heteroatoms. The van der Waals surface area contributed by atoms with E-state index in [4.69, 9.17) is 0 Å². The van der Waals surface area contributed by atoms with Gasteiger partial charge in [-0.25, -0.2) is 8.78 Å². The van der Waals surface area contributed by atoms with Crippen LogP contribution in [0.1, 0.15) is 19.3 Å². The van der Waals surface area contributed by atoms with Crippen LogP contribution in [0.2, 0.25) is 0 Å². The van der Waals surface area contributed by atoms with Crippen molar-refractivity contribution in [3.8, 4) is 0 Å². The van der Waals surface area contributed by atoms with Crippen molar-refractivity contribution in [3.05, 3.63) is 0 Å². The third-order valence-corrected chi connectivity index (χ3v) is 2.89.